The highest BCUT2D eigenvalue weighted by molar-refractivity contribution is 5.61. The van der Waals surface area contributed by atoms with Crippen LogP contribution in [0.1, 0.15) is 6.42 Å². The molecular formula is C11H14N2O5. The lowest BCUT2D eigenvalue weighted by Crippen LogP contribution is -2.25. The molecule has 0 aliphatic carbocycles. The first kappa shape index (κ1) is 12.7. The van der Waals surface area contributed by atoms with E-state index in [1.807, 2.05) is 0 Å². The van der Waals surface area contributed by atoms with Crippen LogP contribution in [0.25, 0.3) is 0 Å². The Morgan fingerprint density at radius 1 is 1.50 bits per heavy atom. The molecule has 0 aromatic heterocycles. The lowest BCUT2D eigenvalue weighted by molar-refractivity contribution is -0.384. The van der Waals surface area contributed by atoms with Gasteiger partial charge in [0.05, 0.1) is 17.6 Å². The smallest absolute Gasteiger partial charge is 0.292 e. The van der Waals surface area contributed by atoms with Crippen molar-refractivity contribution in [2.24, 2.45) is 0 Å². The van der Waals surface area contributed by atoms with Gasteiger partial charge in [-0.3, -0.25) is 10.1 Å². The van der Waals surface area contributed by atoms with Crippen molar-refractivity contribution in [2.45, 2.75) is 24.9 Å². The van der Waals surface area contributed by atoms with Gasteiger partial charge in [0, 0.05) is 12.5 Å². The number of nitro benzene ring substituents is 1. The maximum absolute atomic E-state index is 10.8. The van der Waals surface area contributed by atoms with E-state index in [-0.39, 0.29) is 18.7 Å². The van der Waals surface area contributed by atoms with E-state index >= 15 is 0 Å². The molecule has 3 atom stereocenters. The zero-order valence-electron chi connectivity index (χ0n) is 9.52. The third-order valence-electron chi connectivity index (χ3n) is 2.82. The molecule has 3 N–H and O–H groups in total. The van der Waals surface area contributed by atoms with Gasteiger partial charge in [-0.2, -0.15) is 0 Å². The normalized spacial score (nSPS) is 27.1. The van der Waals surface area contributed by atoms with Gasteiger partial charge in [0.2, 0.25) is 0 Å². The summed E-state index contributed by atoms with van der Waals surface area (Å²) >= 11 is 0. The number of ether oxygens (including phenoxy) is 1. The minimum absolute atomic E-state index is 0.0527. The molecule has 1 aliphatic heterocycles. The Kier molecular flexibility index (Phi) is 3.75. The fourth-order valence-electron chi connectivity index (χ4n) is 1.91. The summed E-state index contributed by atoms with van der Waals surface area (Å²) in [7, 11) is 0. The quantitative estimate of drug-likeness (QED) is 0.533. The first-order valence-electron chi connectivity index (χ1n) is 5.56. The molecular weight excluding hydrogens is 240 g/mol. The molecule has 7 heteroatoms. The Morgan fingerprint density at radius 3 is 2.83 bits per heavy atom. The molecule has 1 aromatic carbocycles. The predicted molar refractivity (Wildman–Crippen MR) is 63.1 cm³/mol. The third kappa shape index (κ3) is 2.58. The van der Waals surface area contributed by atoms with Crippen LogP contribution in [0.15, 0.2) is 24.3 Å². The minimum atomic E-state index is -0.768. The second kappa shape index (κ2) is 5.30. The summed E-state index contributed by atoms with van der Waals surface area (Å²) in [5.41, 5.74) is 0.279. The van der Waals surface area contributed by atoms with E-state index in [9.17, 15) is 15.2 Å². The maximum atomic E-state index is 10.8. The molecule has 7 nitrogen and oxygen atoms in total. The van der Waals surface area contributed by atoms with E-state index in [4.69, 9.17) is 9.84 Å². The highest BCUT2D eigenvalue weighted by Crippen LogP contribution is 2.27. The SMILES string of the molecule is O=[N+]([O-])c1ccccc1NC1CC(O)C(CO)O1. The van der Waals surface area contributed by atoms with Crippen molar-refractivity contribution >= 4 is 11.4 Å². The number of hydrogen-bond acceptors (Lipinski definition) is 6. The predicted octanol–water partition coefficient (Wildman–Crippen LogP) is 0.475. The van der Waals surface area contributed by atoms with Crippen LogP contribution in [0.4, 0.5) is 11.4 Å². The van der Waals surface area contributed by atoms with Gasteiger partial charge in [0.25, 0.3) is 5.69 Å². The monoisotopic (exact) mass is 254 g/mol. The van der Waals surface area contributed by atoms with E-state index in [0.717, 1.165) is 0 Å². The van der Waals surface area contributed by atoms with E-state index in [2.05, 4.69) is 5.32 Å². The van der Waals surface area contributed by atoms with Crippen LogP contribution in [-0.2, 0) is 4.74 Å². The van der Waals surface area contributed by atoms with Crippen LogP contribution >= 0.6 is 0 Å². The fraction of sp³-hybridized carbons (Fsp3) is 0.455. The Balaban J connectivity index is 2.09. The molecule has 1 aromatic rings. The number of aliphatic hydroxyl groups excluding tert-OH is 2. The molecule has 0 radical (unpaired) electrons. The standard InChI is InChI=1S/C11H14N2O5/c14-6-10-9(15)5-11(18-10)12-7-3-1-2-4-8(7)13(16)17/h1-4,9-12,14-15H,5-6H2. The maximum Gasteiger partial charge on any atom is 0.292 e. The molecule has 18 heavy (non-hydrogen) atoms. The van der Waals surface area contributed by atoms with Crippen LogP contribution < -0.4 is 5.32 Å². The number of nitrogens with zero attached hydrogens (tertiary/aromatic N) is 1. The number of aliphatic hydroxyl groups is 2. The van der Waals surface area contributed by atoms with Gasteiger partial charge >= 0.3 is 0 Å². The molecule has 1 fully saturated rings. The minimum Gasteiger partial charge on any atom is -0.394 e. The lowest BCUT2D eigenvalue weighted by atomic mass is 10.2. The second-order valence-corrected chi connectivity index (χ2v) is 4.07. The average Bonchev–Trinajstić information content (AvgIpc) is 2.70. The van der Waals surface area contributed by atoms with Gasteiger partial charge in [-0.25, -0.2) is 0 Å². The van der Waals surface area contributed by atoms with Crippen molar-refractivity contribution in [2.75, 3.05) is 11.9 Å². The summed E-state index contributed by atoms with van der Waals surface area (Å²) in [6.45, 7) is -0.282. The van der Waals surface area contributed by atoms with Crippen LogP contribution in [0.3, 0.4) is 0 Å². The van der Waals surface area contributed by atoms with Crippen molar-refractivity contribution in [1.82, 2.24) is 0 Å². The largest absolute Gasteiger partial charge is 0.394 e. The van der Waals surface area contributed by atoms with Crippen molar-refractivity contribution in [1.29, 1.82) is 0 Å². The number of hydrogen-bond donors (Lipinski definition) is 3. The summed E-state index contributed by atoms with van der Waals surface area (Å²) in [4.78, 5) is 10.3. The molecule has 1 heterocycles. The van der Waals surface area contributed by atoms with Crippen LogP contribution in [0.5, 0.6) is 0 Å². The summed E-state index contributed by atoms with van der Waals surface area (Å²) in [5.74, 6) is 0. The Bertz CT molecular complexity index is 439. The Labute approximate surface area is 103 Å². The second-order valence-electron chi connectivity index (χ2n) is 4.07. The zero-order valence-corrected chi connectivity index (χ0v) is 9.52. The highest BCUT2D eigenvalue weighted by Gasteiger charge is 2.34. The molecule has 0 saturated carbocycles. The summed E-state index contributed by atoms with van der Waals surface area (Å²) < 4.78 is 5.33. The summed E-state index contributed by atoms with van der Waals surface area (Å²) in [6, 6.07) is 6.20. The average molecular weight is 254 g/mol. The number of benzene rings is 1. The van der Waals surface area contributed by atoms with E-state index in [1.165, 1.54) is 6.07 Å². The van der Waals surface area contributed by atoms with Crippen molar-refractivity contribution in [3.8, 4) is 0 Å². The number of para-hydroxylation sites is 2. The van der Waals surface area contributed by atoms with Crippen molar-refractivity contribution in [3.05, 3.63) is 34.4 Å². The molecule has 1 saturated heterocycles. The topological polar surface area (TPSA) is 105 Å². The van der Waals surface area contributed by atoms with Crippen molar-refractivity contribution in [3.63, 3.8) is 0 Å². The van der Waals surface area contributed by atoms with Gasteiger partial charge in [-0.05, 0) is 6.07 Å². The van der Waals surface area contributed by atoms with Crippen LogP contribution in [-0.4, -0.2) is 40.2 Å². The Hall–Kier alpha value is -1.70. The number of anilines is 1. The van der Waals surface area contributed by atoms with Crippen LogP contribution in [0, 0.1) is 10.1 Å². The number of rotatable bonds is 4. The molecule has 0 spiro atoms. The third-order valence-corrected chi connectivity index (χ3v) is 2.82. The first-order valence-corrected chi connectivity index (χ1v) is 5.56. The molecule has 1 aliphatic rings. The Morgan fingerprint density at radius 2 is 2.22 bits per heavy atom. The van der Waals surface area contributed by atoms with Gasteiger partial charge < -0.3 is 20.3 Å². The number of nitrogens with one attached hydrogen (secondary N) is 1. The molecule has 3 unspecified atom stereocenters. The van der Waals surface area contributed by atoms with E-state index < -0.39 is 23.4 Å². The van der Waals surface area contributed by atoms with Crippen molar-refractivity contribution < 1.29 is 19.9 Å². The van der Waals surface area contributed by atoms with Gasteiger partial charge in [-0.1, -0.05) is 12.1 Å². The summed E-state index contributed by atoms with van der Waals surface area (Å²) in [5, 5.41) is 32.2. The lowest BCUT2D eigenvalue weighted by Gasteiger charge is -2.14. The molecule has 2 rings (SSSR count). The van der Waals surface area contributed by atoms with E-state index in [1.54, 1.807) is 18.2 Å². The summed E-state index contributed by atoms with van der Waals surface area (Å²) in [6.07, 6.45) is -1.68. The number of nitro groups is 1. The molecule has 98 valence electrons. The van der Waals surface area contributed by atoms with Gasteiger partial charge in [0.1, 0.15) is 18.0 Å². The zero-order chi connectivity index (χ0) is 13.1. The van der Waals surface area contributed by atoms with Gasteiger partial charge in [0.15, 0.2) is 0 Å². The molecule has 0 bridgehead atoms. The van der Waals surface area contributed by atoms with Gasteiger partial charge in [-0.15, -0.1) is 0 Å². The fourth-order valence-corrected chi connectivity index (χ4v) is 1.91. The molecule has 0 amide bonds. The van der Waals surface area contributed by atoms with Crippen LogP contribution in [0.2, 0.25) is 0 Å². The van der Waals surface area contributed by atoms with E-state index in [0.29, 0.717) is 5.69 Å². The first-order chi connectivity index (χ1) is 8.61. The highest BCUT2D eigenvalue weighted by atomic mass is 16.6.